The molecule has 0 aliphatic carbocycles. The first-order chi connectivity index (χ1) is 5.33. The van der Waals surface area contributed by atoms with Crippen LogP contribution in [0.1, 0.15) is 5.82 Å². The molecule has 5 heteroatoms. The molecule has 0 saturated carbocycles. The van der Waals surface area contributed by atoms with Gasteiger partial charge in [-0.2, -0.15) is 4.98 Å². The molecule has 11 heavy (non-hydrogen) atoms. The Morgan fingerprint density at radius 1 is 1.64 bits per heavy atom. The molecule has 0 aliphatic heterocycles. The summed E-state index contributed by atoms with van der Waals surface area (Å²) in [6.45, 7) is 3.07. The zero-order chi connectivity index (χ0) is 8.10. The first-order valence-corrected chi connectivity index (χ1v) is 3.36. The molecule has 1 rings (SSSR count). The normalized spacial score (nSPS) is 10.0. The third kappa shape index (κ3) is 2.55. The lowest BCUT2D eigenvalue weighted by molar-refractivity contribution is 0.210. The number of aryl methyl sites for hydroxylation is 1. The van der Waals surface area contributed by atoms with Gasteiger partial charge in [-0.3, -0.25) is 0 Å². The van der Waals surface area contributed by atoms with Crippen LogP contribution in [0.5, 0.6) is 0 Å². The van der Waals surface area contributed by atoms with Gasteiger partial charge < -0.3 is 14.6 Å². The van der Waals surface area contributed by atoms with Crippen molar-refractivity contribution in [2.45, 2.75) is 6.92 Å². The molecule has 1 aromatic heterocycles. The Kier molecular flexibility index (Phi) is 2.85. The van der Waals surface area contributed by atoms with Gasteiger partial charge in [-0.05, 0) is 6.92 Å². The number of hydrogen-bond acceptors (Lipinski definition) is 5. The quantitative estimate of drug-likeness (QED) is 0.642. The van der Waals surface area contributed by atoms with E-state index in [1.54, 1.807) is 14.0 Å². The maximum absolute atomic E-state index is 4.82. The van der Waals surface area contributed by atoms with Crippen LogP contribution < -0.4 is 5.32 Å². The molecule has 0 bridgehead atoms. The molecule has 0 spiro atoms. The van der Waals surface area contributed by atoms with Crippen molar-refractivity contribution in [3.63, 3.8) is 0 Å². The molecule has 0 aliphatic rings. The van der Waals surface area contributed by atoms with E-state index in [-0.39, 0.29) is 0 Å². The van der Waals surface area contributed by atoms with E-state index in [1.165, 1.54) is 0 Å². The summed E-state index contributed by atoms with van der Waals surface area (Å²) in [4.78, 5) is 3.94. The van der Waals surface area contributed by atoms with Crippen LogP contribution in [0.2, 0.25) is 0 Å². The number of methoxy groups -OCH3 is 1. The van der Waals surface area contributed by atoms with Gasteiger partial charge in [0.1, 0.15) is 0 Å². The number of nitrogens with one attached hydrogen (secondary N) is 1. The molecule has 5 nitrogen and oxygen atoms in total. The van der Waals surface area contributed by atoms with E-state index >= 15 is 0 Å². The number of nitrogens with zero attached hydrogens (tertiary/aromatic N) is 2. The minimum absolute atomic E-state index is 0.444. The Bertz CT molecular complexity index is 211. The van der Waals surface area contributed by atoms with Gasteiger partial charge in [0.2, 0.25) is 0 Å². The highest BCUT2D eigenvalue weighted by Gasteiger charge is 1.98. The summed E-state index contributed by atoms with van der Waals surface area (Å²) < 4.78 is 9.60. The molecule has 1 heterocycles. The monoisotopic (exact) mass is 157 g/mol. The summed E-state index contributed by atoms with van der Waals surface area (Å²) >= 11 is 0. The minimum Gasteiger partial charge on any atom is -0.383 e. The molecule has 0 amide bonds. The molecule has 0 unspecified atom stereocenters. The Labute approximate surface area is 64.7 Å². The highest BCUT2D eigenvalue weighted by Crippen LogP contribution is 2.00. The molecule has 1 N–H and O–H groups in total. The summed E-state index contributed by atoms with van der Waals surface area (Å²) in [5, 5.41) is 6.51. The smallest absolute Gasteiger partial charge is 0.321 e. The fourth-order valence-corrected chi connectivity index (χ4v) is 0.629. The number of rotatable bonds is 4. The Balaban J connectivity index is 2.27. The summed E-state index contributed by atoms with van der Waals surface area (Å²) in [5.74, 6) is 0.630. The summed E-state index contributed by atoms with van der Waals surface area (Å²) in [7, 11) is 1.64. The van der Waals surface area contributed by atoms with Crippen LogP contribution in [-0.4, -0.2) is 30.4 Å². The van der Waals surface area contributed by atoms with E-state index < -0.39 is 0 Å². The second-order valence-electron chi connectivity index (χ2n) is 2.07. The Morgan fingerprint density at radius 3 is 3.00 bits per heavy atom. The largest absolute Gasteiger partial charge is 0.383 e. The molecule has 62 valence electrons. The van der Waals surface area contributed by atoms with Gasteiger partial charge in [-0.25, -0.2) is 0 Å². The van der Waals surface area contributed by atoms with Crippen molar-refractivity contribution in [1.29, 1.82) is 0 Å². The average molecular weight is 157 g/mol. The molecule has 0 aromatic carbocycles. The van der Waals surface area contributed by atoms with Crippen LogP contribution >= 0.6 is 0 Å². The standard InChI is InChI=1S/C6H11N3O2/c1-5-8-6(11-9-5)7-3-4-10-2/h3-4H2,1-2H3,(H,7,8,9). The van der Waals surface area contributed by atoms with Crippen LogP contribution in [-0.2, 0) is 4.74 Å². The average Bonchev–Trinajstić information content (AvgIpc) is 2.37. The van der Waals surface area contributed by atoms with Crippen LogP contribution in [0.25, 0.3) is 0 Å². The zero-order valence-corrected chi connectivity index (χ0v) is 6.63. The molecule has 1 aromatic rings. The van der Waals surface area contributed by atoms with E-state index in [2.05, 4.69) is 15.5 Å². The lowest BCUT2D eigenvalue weighted by Gasteiger charge is -1.97. The fraction of sp³-hybridized carbons (Fsp3) is 0.667. The molecule has 0 atom stereocenters. The van der Waals surface area contributed by atoms with E-state index in [9.17, 15) is 0 Å². The third-order valence-corrected chi connectivity index (χ3v) is 1.11. The Morgan fingerprint density at radius 2 is 2.45 bits per heavy atom. The van der Waals surface area contributed by atoms with Crippen molar-refractivity contribution in [2.24, 2.45) is 0 Å². The van der Waals surface area contributed by atoms with Gasteiger partial charge >= 0.3 is 6.01 Å². The van der Waals surface area contributed by atoms with E-state index in [0.29, 0.717) is 25.0 Å². The third-order valence-electron chi connectivity index (χ3n) is 1.11. The van der Waals surface area contributed by atoms with Crippen LogP contribution in [0, 0.1) is 6.92 Å². The van der Waals surface area contributed by atoms with Crippen molar-refractivity contribution in [3.05, 3.63) is 5.82 Å². The number of hydrogen-bond donors (Lipinski definition) is 1. The molecule has 0 saturated heterocycles. The van der Waals surface area contributed by atoms with Crippen LogP contribution in [0.4, 0.5) is 6.01 Å². The molecule has 0 radical (unpaired) electrons. The minimum atomic E-state index is 0.444. The topological polar surface area (TPSA) is 60.2 Å². The van der Waals surface area contributed by atoms with Gasteiger partial charge in [-0.15, -0.1) is 0 Å². The fourth-order valence-electron chi connectivity index (χ4n) is 0.629. The maximum atomic E-state index is 4.82. The van der Waals surface area contributed by atoms with Crippen LogP contribution in [0.3, 0.4) is 0 Å². The maximum Gasteiger partial charge on any atom is 0.321 e. The Hall–Kier alpha value is -1.10. The zero-order valence-electron chi connectivity index (χ0n) is 6.63. The van der Waals surface area contributed by atoms with Crippen molar-refractivity contribution in [3.8, 4) is 0 Å². The van der Waals surface area contributed by atoms with E-state index in [0.717, 1.165) is 0 Å². The number of anilines is 1. The highest BCUT2D eigenvalue weighted by atomic mass is 16.5. The first kappa shape index (κ1) is 8.00. The van der Waals surface area contributed by atoms with Crippen molar-refractivity contribution < 1.29 is 9.26 Å². The van der Waals surface area contributed by atoms with Crippen molar-refractivity contribution in [2.75, 3.05) is 25.6 Å². The summed E-state index contributed by atoms with van der Waals surface area (Å²) in [6, 6.07) is 0.444. The van der Waals surface area contributed by atoms with Gasteiger partial charge in [0, 0.05) is 13.7 Å². The number of ether oxygens (including phenoxy) is 1. The SMILES string of the molecule is COCCNc1nc(C)no1. The predicted octanol–water partition coefficient (Wildman–Crippen LogP) is 0.436. The highest BCUT2D eigenvalue weighted by molar-refractivity contribution is 5.17. The second kappa shape index (κ2) is 3.92. The first-order valence-electron chi connectivity index (χ1n) is 3.36. The van der Waals surface area contributed by atoms with Crippen molar-refractivity contribution >= 4 is 6.01 Å². The van der Waals surface area contributed by atoms with Gasteiger partial charge in [0.25, 0.3) is 0 Å². The lowest BCUT2D eigenvalue weighted by Crippen LogP contribution is -2.07. The molecule has 0 fully saturated rings. The van der Waals surface area contributed by atoms with Gasteiger partial charge in [-0.1, -0.05) is 5.16 Å². The van der Waals surface area contributed by atoms with E-state index in [1.807, 2.05) is 0 Å². The number of aromatic nitrogens is 2. The molecular formula is C6H11N3O2. The van der Waals surface area contributed by atoms with Gasteiger partial charge in [0.05, 0.1) is 6.61 Å². The predicted molar refractivity (Wildman–Crippen MR) is 39.4 cm³/mol. The summed E-state index contributed by atoms with van der Waals surface area (Å²) in [5.41, 5.74) is 0. The van der Waals surface area contributed by atoms with Crippen LogP contribution in [0.15, 0.2) is 4.52 Å². The van der Waals surface area contributed by atoms with Crippen molar-refractivity contribution in [1.82, 2.24) is 10.1 Å². The van der Waals surface area contributed by atoms with E-state index in [4.69, 9.17) is 9.26 Å². The lowest BCUT2D eigenvalue weighted by atomic mass is 10.7. The van der Waals surface area contributed by atoms with Gasteiger partial charge in [0.15, 0.2) is 5.82 Å². The second-order valence-corrected chi connectivity index (χ2v) is 2.07. The summed E-state index contributed by atoms with van der Waals surface area (Å²) in [6.07, 6.45) is 0. The molecular weight excluding hydrogens is 146 g/mol.